The van der Waals surface area contributed by atoms with Crippen LogP contribution < -0.4 is 21.3 Å². The Morgan fingerprint density at radius 2 is 1.57 bits per heavy atom. The van der Waals surface area contributed by atoms with Gasteiger partial charge in [-0.2, -0.15) is 0 Å². The van der Waals surface area contributed by atoms with Crippen LogP contribution in [0.3, 0.4) is 0 Å². The summed E-state index contributed by atoms with van der Waals surface area (Å²) in [5, 5.41) is 5.87. The van der Waals surface area contributed by atoms with Gasteiger partial charge in [0.2, 0.25) is 5.91 Å². The normalized spacial score (nSPS) is 15.6. The van der Waals surface area contributed by atoms with Crippen molar-refractivity contribution in [2.24, 2.45) is 11.1 Å². The summed E-state index contributed by atoms with van der Waals surface area (Å²) < 4.78 is 0. The first-order valence-electron chi connectivity index (χ1n) is 13.7. The van der Waals surface area contributed by atoms with Gasteiger partial charge in [0, 0.05) is 17.7 Å². The van der Waals surface area contributed by atoms with Gasteiger partial charge in [0.05, 0.1) is 23.8 Å². The van der Waals surface area contributed by atoms with Gasteiger partial charge in [-0.05, 0) is 65.8 Å². The van der Waals surface area contributed by atoms with Crippen molar-refractivity contribution in [2.75, 3.05) is 23.3 Å². The fraction of sp³-hybridized carbons (Fsp3) is 0.364. The summed E-state index contributed by atoms with van der Waals surface area (Å²) in [6, 6.07) is 20.1. The zero-order valence-corrected chi connectivity index (χ0v) is 24.3. The number of nitrogens with two attached hydrogens (primary N) is 1. The number of rotatable bonds is 6. The Balaban J connectivity index is 1.77. The van der Waals surface area contributed by atoms with Crippen LogP contribution in [-0.4, -0.2) is 30.8 Å². The number of carbonyl (C=O) groups is 3. The molecule has 3 aromatic rings. The minimum absolute atomic E-state index is 0.0477. The molecule has 0 spiro atoms. The molecule has 1 unspecified atom stereocenters. The minimum atomic E-state index is -0.526. The average Bonchev–Trinajstić information content (AvgIpc) is 3.06. The van der Waals surface area contributed by atoms with Crippen LogP contribution in [0.25, 0.3) is 0 Å². The summed E-state index contributed by atoms with van der Waals surface area (Å²) in [6.07, 6.45) is 0.0791. The molecule has 1 atom stereocenters. The molecule has 0 bridgehead atoms. The Morgan fingerprint density at radius 1 is 0.950 bits per heavy atom. The fourth-order valence-electron chi connectivity index (χ4n) is 4.68. The van der Waals surface area contributed by atoms with E-state index in [9.17, 15) is 14.4 Å². The van der Waals surface area contributed by atoms with Gasteiger partial charge in [-0.25, -0.2) is 0 Å². The van der Waals surface area contributed by atoms with E-state index in [0.717, 1.165) is 16.7 Å². The van der Waals surface area contributed by atoms with E-state index in [-0.39, 0.29) is 35.0 Å². The van der Waals surface area contributed by atoms with Crippen LogP contribution in [0.1, 0.15) is 84.5 Å². The molecule has 0 aromatic heterocycles. The van der Waals surface area contributed by atoms with E-state index in [1.165, 1.54) is 0 Å². The molecule has 0 saturated carbocycles. The lowest BCUT2D eigenvalue weighted by Crippen LogP contribution is -2.38. The molecule has 0 radical (unpaired) electrons. The van der Waals surface area contributed by atoms with Crippen LogP contribution in [0.5, 0.6) is 0 Å². The maximum Gasteiger partial charge on any atom is 0.258 e. The van der Waals surface area contributed by atoms with Crippen LogP contribution in [0.2, 0.25) is 0 Å². The number of aryl methyl sites for hydroxylation is 1. The smallest absolute Gasteiger partial charge is 0.258 e. The number of benzene rings is 3. The molecule has 0 aliphatic carbocycles. The second kappa shape index (κ2) is 11.3. The Labute approximate surface area is 237 Å². The number of amides is 3. The van der Waals surface area contributed by atoms with Crippen molar-refractivity contribution in [3.8, 4) is 0 Å². The second-order valence-corrected chi connectivity index (χ2v) is 12.5. The standard InChI is InChI=1S/C33H40N4O3/c1-21-7-9-22(10-8-21)28-18-29(38)36-26-17-24(30(39)35-20-33(5,6)19-34)13-16-27(26)37(28)31(40)23-11-14-25(15-12-23)32(2,3)4/h7-17,28H,18-20,34H2,1-6H3,(H,35,39)(H,36,38). The highest BCUT2D eigenvalue weighted by Gasteiger charge is 2.35. The van der Waals surface area contributed by atoms with Crippen molar-refractivity contribution in [1.29, 1.82) is 0 Å². The lowest BCUT2D eigenvalue weighted by molar-refractivity contribution is -0.116. The minimum Gasteiger partial charge on any atom is -0.351 e. The number of anilines is 2. The number of carbonyl (C=O) groups excluding carboxylic acids is 3. The first-order chi connectivity index (χ1) is 18.8. The number of nitrogens with zero attached hydrogens (tertiary/aromatic N) is 1. The quantitative estimate of drug-likeness (QED) is 0.371. The molecule has 40 heavy (non-hydrogen) atoms. The van der Waals surface area contributed by atoms with E-state index < -0.39 is 6.04 Å². The maximum absolute atomic E-state index is 14.2. The lowest BCUT2D eigenvalue weighted by Gasteiger charge is -2.31. The Kier molecular flexibility index (Phi) is 8.17. The summed E-state index contributed by atoms with van der Waals surface area (Å²) >= 11 is 0. The van der Waals surface area contributed by atoms with E-state index in [2.05, 4.69) is 31.4 Å². The second-order valence-electron chi connectivity index (χ2n) is 12.5. The van der Waals surface area contributed by atoms with Crippen molar-refractivity contribution in [3.05, 3.63) is 94.5 Å². The predicted octanol–water partition coefficient (Wildman–Crippen LogP) is 5.74. The van der Waals surface area contributed by atoms with Crippen LogP contribution in [0.15, 0.2) is 66.7 Å². The third-order valence-electron chi connectivity index (χ3n) is 7.44. The number of nitrogens with one attached hydrogen (secondary N) is 2. The van der Waals surface area contributed by atoms with Crippen molar-refractivity contribution in [3.63, 3.8) is 0 Å². The van der Waals surface area contributed by atoms with E-state index in [1.807, 2.05) is 69.3 Å². The SMILES string of the molecule is Cc1ccc(C2CC(=O)Nc3cc(C(=O)NCC(C)(C)CN)ccc3N2C(=O)c2ccc(C(C)(C)C)cc2)cc1. The first kappa shape index (κ1) is 29.0. The van der Waals surface area contributed by atoms with Gasteiger partial charge >= 0.3 is 0 Å². The topological polar surface area (TPSA) is 105 Å². The van der Waals surface area contributed by atoms with E-state index >= 15 is 0 Å². The molecule has 1 heterocycles. The van der Waals surface area contributed by atoms with Gasteiger partial charge in [-0.3, -0.25) is 19.3 Å². The van der Waals surface area contributed by atoms with E-state index in [4.69, 9.17) is 5.73 Å². The molecule has 3 amide bonds. The molecule has 1 aliphatic rings. The highest BCUT2D eigenvalue weighted by Crippen LogP contribution is 2.40. The van der Waals surface area contributed by atoms with Gasteiger partial charge in [0.15, 0.2) is 0 Å². The predicted molar refractivity (Wildman–Crippen MR) is 161 cm³/mol. The molecule has 4 N–H and O–H groups in total. The van der Waals surface area contributed by atoms with Gasteiger partial charge in [0.1, 0.15) is 0 Å². The summed E-state index contributed by atoms with van der Waals surface area (Å²) in [5.74, 6) is -0.716. The van der Waals surface area contributed by atoms with Gasteiger partial charge in [-0.15, -0.1) is 0 Å². The third kappa shape index (κ3) is 6.42. The Bertz CT molecular complexity index is 1400. The largest absolute Gasteiger partial charge is 0.351 e. The first-order valence-corrected chi connectivity index (χ1v) is 13.7. The van der Waals surface area contributed by atoms with Crippen LogP contribution in [0.4, 0.5) is 11.4 Å². The van der Waals surface area contributed by atoms with Gasteiger partial charge in [0.25, 0.3) is 11.8 Å². The number of hydrogen-bond acceptors (Lipinski definition) is 4. The molecule has 0 saturated heterocycles. The molecule has 4 rings (SSSR count). The number of hydrogen-bond donors (Lipinski definition) is 3. The van der Waals surface area contributed by atoms with Crippen LogP contribution in [0, 0.1) is 12.3 Å². The van der Waals surface area contributed by atoms with Crippen LogP contribution in [-0.2, 0) is 10.2 Å². The van der Waals surface area contributed by atoms with E-state index in [1.54, 1.807) is 23.1 Å². The Hall–Kier alpha value is -3.97. The van der Waals surface area contributed by atoms with Crippen molar-refractivity contribution in [2.45, 2.75) is 59.4 Å². The molecule has 3 aromatic carbocycles. The monoisotopic (exact) mass is 540 g/mol. The lowest BCUT2D eigenvalue weighted by atomic mass is 9.86. The molecule has 7 heteroatoms. The summed E-state index contributed by atoms with van der Waals surface area (Å²) in [7, 11) is 0. The van der Waals surface area contributed by atoms with Gasteiger partial charge < -0.3 is 16.4 Å². The molecule has 210 valence electrons. The molecule has 7 nitrogen and oxygen atoms in total. The van der Waals surface area contributed by atoms with Crippen molar-refractivity contribution < 1.29 is 14.4 Å². The third-order valence-corrected chi connectivity index (χ3v) is 7.44. The van der Waals surface area contributed by atoms with E-state index in [0.29, 0.717) is 35.6 Å². The summed E-state index contributed by atoms with van der Waals surface area (Å²) in [5.41, 5.74) is 10.5. The molecular formula is C33H40N4O3. The fourth-order valence-corrected chi connectivity index (χ4v) is 4.68. The zero-order valence-electron chi connectivity index (χ0n) is 24.3. The van der Waals surface area contributed by atoms with Crippen molar-refractivity contribution >= 4 is 29.1 Å². The maximum atomic E-state index is 14.2. The molecule has 1 aliphatic heterocycles. The van der Waals surface area contributed by atoms with Crippen LogP contribution >= 0.6 is 0 Å². The Morgan fingerprint density at radius 3 is 2.17 bits per heavy atom. The molecular weight excluding hydrogens is 500 g/mol. The average molecular weight is 541 g/mol. The highest BCUT2D eigenvalue weighted by atomic mass is 16.2. The van der Waals surface area contributed by atoms with Crippen molar-refractivity contribution in [1.82, 2.24) is 5.32 Å². The summed E-state index contributed by atoms with van der Waals surface area (Å²) in [4.78, 5) is 42.0. The highest BCUT2D eigenvalue weighted by molar-refractivity contribution is 6.12. The molecule has 0 fully saturated rings. The summed E-state index contributed by atoms with van der Waals surface area (Å²) in [6.45, 7) is 13.2. The zero-order chi connectivity index (χ0) is 29.2. The number of fused-ring (bicyclic) bond motifs is 1. The van der Waals surface area contributed by atoms with Gasteiger partial charge in [-0.1, -0.05) is 76.6 Å².